The molecule has 2 aliphatic heterocycles. The number of pyridine rings is 1. The SMILES string of the molecule is CCCCC/C=C\CC(NC(=O)C1CC2(CC(F)c3c(c(C)nc4cc(F)ccc34)O2)CN1C(=O)CNC(=O)OC(C)(C)C)C(=O)NSC1(C)CC1. The molecule has 2 aromatic rings. The molecule has 3 aliphatic rings. The number of ether oxygens (including phenoxy) is 2. The van der Waals surface area contributed by atoms with Crippen LogP contribution in [0.5, 0.6) is 5.75 Å². The third-order valence-corrected chi connectivity index (χ3v) is 10.8. The number of amides is 4. The van der Waals surface area contributed by atoms with E-state index in [9.17, 15) is 23.6 Å². The molecule has 1 spiro atoms. The Morgan fingerprint density at radius 3 is 2.62 bits per heavy atom. The van der Waals surface area contributed by atoms with E-state index < -0.39 is 59.7 Å². The van der Waals surface area contributed by atoms with E-state index in [1.54, 1.807) is 27.7 Å². The molecule has 3 heterocycles. The Balaban J connectivity index is 1.40. The minimum atomic E-state index is -1.57. The van der Waals surface area contributed by atoms with Crippen molar-refractivity contribution in [2.45, 2.75) is 134 Å². The molecule has 4 atom stereocenters. The molecule has 5 rings (SSSR count). The third-order valence-electron chi connectivity index (χ3n) is 9.60. The minimum absolute atomic E-state index is 0.0353. The van der Waals surface area contributed by atoms with Gasteiger partial charge in [0.25, 0.3) is 5.91 Å². The molecule has 1 saturated carbocycles. The van der Waals surface area contributed by atoms with Gasteiger partial charge in [0.15, 0.2) is 0 Å². The third kappa shape index (κ3) is 9.73. The lowest BCUT2D eigenvalue weighted by Crippen LogP contribution is -2.53. The molecule has 11 nitrogen and oxygen atoms in total. The molecule has 1 saturated heterocycles. The van der Waals surface area contributed by atoms with Crippen LogP contribution in [0.2, 0.25) is 0 Å². The summed E-state index contributed by atoms with van der Waals surface area (Å²) in [6.07, 6.45) is 7.47. The molecule has 284 valence electrons. The van der Waals surface area contributed by atoms with Crippen LogP contribution in [0.3, 0.4) is 0 Å². The molecular weight excluding hydrogens is 693 g/mol. The predicted octanol–water partition coefficient (Wildman–Crippen LogP) is 6.67. The maximum atomic E-state index is 16.4. The van der Waals surface area contributed by atoms with E-state index in [0.29, 0.717) is 16.6 Å². The van der Waals surface area contributed by atoms with Crippen molar-refractivity contribution in [2.24, 2.45) is 0 Å². The van der Waals surface area contributed by atoms with Crippen LogP contribution in [0.4, 0.5) is 13.6 Å². The van der Waals surface area contributed by atoms with Gasteiger partial charge in [-0.3, -0.25) is 19.1 Å². The Morgan fingerprint density at radius 2 is 1.92 bits per heavy atom. The van der Waals surface area contributed by atoms with Gasteiger partial charge >= 0.3 is 6.09 Å². The molecule has 52 heavy (non-hydrogen) atoms. The quantitative estimate of drug-likeness (QED) is 0.118. The van der Waals surface area contributed by atoms with Crippen molar-refractivity contribution in [1.29, 1.82) is 0 Å². The van der Waals surface area contributed by atoms with Gasteiger partial charge in [0.2, 0.25) is 11.8 Å². The second kappa shape index (κ2) is 16.0. The van der Waals surface area contributed by atoms with Crippen molar-refractivity contribution in [3.05, 3.63) is 47.4 Å². The second-order valence-corrected chi connectivity index (χ2v) is 16.8. The number of nitrogens with one attached hydrogen (secondary N) is 3. The minimum Gasteiger partial charge on any atom is -0.483 e. The number of likely N-dealkylation sites (tertiary alicyclic amines) is 1. The number of allylic oxidation sites excluding steroid dienone is 1. The average molecular weight is 744 g/mol. The first-order valence-electron chi connectivity index (χ1n) is 18.1. The van der Waals surface area contributed by atoms with Crippen molar-refractivity contribution in [3.63, 3.8) is 0 Å². The fourth-order valence-electron chi connectivity index (χ4n) is 6.61. The Morgan fingerprint density at radius 1 is 1.17 bits per heavy atom. The summed E-state index contributed by atoms with van der Waals surface area (Å²) in [5.41, 5.74) is -1.25. The number of alkyl halides is 1. The number of halogens is 2. The van der Waals surface area contributed by atoms with Gasteiger partial charge in [-0.25, -0.2) is 18.6 Å². The van der Waals surface area contributed by atoms with Crippen LogP contribution >= 0.6 is 11.9 Å². The van der Waals surface area contributed by atoms with Crippen molar-refractivity contribution in [1.82, 2.24) is 25.2 Å². The highest BCUT2D eigenvalue weighted by molar-refractivity contribution is 7.99. The summed E-state index contributed by atoms with van der Waals surface area (Å²) in [5, 5.41) is 5.74. The predicted molar refractivity (Wildman–Crippen MR) is 196 cm³/mol. The van der Waals surface area contributed by atoms with Crippen molar-refractivity contribution in [3.8, 4) is 5.75 Å². The van der Waals surface area contributed by atoms with Crippen molar-refractivity contribution < 1.29 is 37.4 Å². The summed E-state index contributed by atoms with van der Waals surface area (Å²) in [6.45, 7) is 10.3. The zero-order valence-electron chi connectivity index (χ0n) is 30.9. The standard InChI is InChI=1S/C38H51F2N5O6S/c1-7-8-9-10-11-12-13-27(33(47)44-52-37(6)16-17-37)43-34(48)29-20-38(22-45(29)30(46)21-41-35(49)51-36(3,4)5)19-26(40)31-25-15-14-24(39)18-28(25)42-23(2)32(31)50-38/h11-12,14-15,18,26-27,29H,7-10,13,16-17,19-22H2,1-6H3,(H,41,49)(H,43,48)(H,44,47)/b12-11-. The van der Waals surface area contributed by atoms with E-state index in [1.165, 1.54) is 35.0 Å². The Kier molecular flexibility index (Phi) is 12.1. The number of carbonyl (C=O) groups is 4. The number of unbranched alkanes of at least 4 members (excludes halogenated alkanes) is 3. The van der Waals surface area contributed by atoms with Gasteiger partial charge in [-0.1, -0.05) is 31.9 Å². The van der Waals surface area contributed by atoms with E-state index in [1.807, 2.05) is 12.2 Å². The van der Waals surface area contributed by atoms with Crippen LogP contribution in [-0.2, 0) is 19.1 Å². The first-order chi connectivity index (χ1) is 24.5. The highest BCUT2D eigenvalue weighted by atomic mass is 32.2. The number of rotatable bonds is 13. The van der Waals surface area contributed by atoms with Crippen molar-refractivity contribution >= 4 is 46.7 Å². The largest absolute Gasteiger partial charge is 0.483 e. The lowest BCUT2D eigenvalue weighted by Gasteiger charge is -2.38. The van der Waals surface area contributed by atoms with Crippen LogP contribution in [-0.4, -0.2) is 74.8 Å². The van der Waals surface area contributed by atoms with Gasteiger partial charge < -0.3 is 25.0 Å². The molecule has 0 bridgehead atoms. The zero-order valence-corrected chi connectivity index (χ0v) is 31.7. The molecule has 3 N–H and O–H groups in total. The summed E-state index contributed by atoms with van der Waals surface area (Å²) in [6, 6.07) is 1.86. The Labute approximate surface area is 308 Å². The summed E-state index contributed by atoms with van der Waals surface area (Å²) in [7, 11) is 0. The maximum absolute atomic E-state index is 16.4. The molecule has 14 heteroatoms. The fraction of sp³-hybridized carbons (Fsp3) is 0.605. The highest BCUT2D eigenvalue weighted by Crippen LogP contribution is 2.50. The summed E-state index contributed by atoms with van der Waals surface area (Å²) in [4.78, 5) is 59.6. The van der Waals surface area contributed by atoms with Gasteiger partial charge in [0.1, 0.15) is 47.6 Å². The number of aromatic nitrogens is 1. The van der Waals surface area contributed by atoms with E-state index in [-0.39, 0.29) is 47.8 Å². The van der Waals surface area contributed by atoms with E-state index in [2.05, 4.69) is 34.2 Å². The van der Waals surface area contributed by atoms with E-state index in [0.717, 1.165) is 38.5 Å². The molecule has 4 amide bonds. The number of hydrogen-bond acceptors (Lipinski definition) is 8. The number of aryl methyl sites for hydroxylation is 1. The Hall–Kier alpha value is -3.94. The molecule has 2 fully saturated rings. The number of hydrogen-bond donors (Lipinski definition) is 3. The lowest BCUT2D eigenvalue weighted by molar-refractivity contribution is -0.138. The molecule has 1 aliphatic carbocycles. The molecule has 1 aromatic heterocycles. The lowest BCUT2D eigenvalue weighted by atomic mass is 9.86. The number of benzene rings is 1. The van der Waals surface area contributed by atoms with E-state index in [4.69, 9.17) is 9.47 Å². The monoisotopic (exact) mass is 743 g/mol. The molecular formula is C38H51F2N5O6S. The first kappa shape index (κ1) is 39.3. The summed E-state index contributed by atoms with van der Waals surface area (Å²) in [5.74, 6) is -1.88. The van der Waals surface area contributed by atoms with Crippen LogP contribution in [0, 0.1) is 12.7 Å². The van der Waals surface area contributed by atoms with Gasteiger partial charge in [-0.2, -0.15) is 0 Å². The van der Waals surface area contributed by atoms with Crippen LogP contribution in [0.15, 0.2) is 30.4 Å². The smallest absolute Gasteiger partial charge is 0.408 e. The molecule has 1 aromatic carbocycles. The second-order valence-electron chi connectivity index (χ2n) is 15.4. The number of carbonyl (C=O) groups excluding carboxylic acids is 4. The average Bonchev–Trinajstić information content (AvgIpc) is 3.70. The molecule has 0 radical (unpaired) electrons. The van der Waals surface area contributed by atoms with Crippen LogP contribution in [0.25, 0.3) is 10.9 Å². The van der Waals surface area contributed by atoms with Gasteiger partial charge in [-0.15, -0.1) is 0 Å². The number of nitrogens with zero attached hydrogens (tertiary/aromatic N) is 2. The summed E-state index contributed by atoms with van der Waals surface area (Å²) < 4.78 is 45.1. The van der Waals surface area contributed by atoms with Crippen LogP contribution < -0.4 is 20.1 Å². The van der Waals surface area contributed by atoms with Gasteiger partial charge in [0, 0.05) is 34.6 Å². The summed E-state index contributed by atoms with van der Waals surface area (Å²) >= 11 is 1.34. The van der Waals surface area contributed by atoms with Crippen molar-refractivity contribution in [2.75, 3.05) is 13.1 Å². The Bertz CT molecular complexity index is 1710. The first-order valence-corrected chi connectivity index (χ1v) is 19.0. The number of fused-ring (bicyclic) bond motifs is 3. The van der Waals surface area contributed by atoms with E-state index >= 15 is 4.39 Å². The number of alkyl carbamates (subject to hydrolysis) is 1. The fourth-order valence-corrected chi connectivity index (χ4v) is 7.41. The topological polar surface area (TPSA) is 139 Å². The maximum Gasteiger partial charge on any atom is 0.408 e. The zero-order chi connectivity index (χ0) is 37.8. The molecule has 4 unspecified atom stereocenters. The van der Waals surface area contributed by atoms with Gasteiger partial charge in [-0.05, 0) is 90.8 Å². The van der Waals surface area contributed by atoms with Gasteiger partial charge in [0.05, 0.1) is 17.8 Å². The van der Waals surface area contributed by atoms with Crippen LogP contribution in [0.1, 0.15) is 110 Å². The normalized spacial score (nSPS) is 22.5. The highest BCUT2D eigenvalue weighted by Gasteiger charge is 2.54.